The molecule has 5 heteroatoms. The Kier molecular flexibility index (Phi) is 4.45. The van der Waals surface area contributed by atoms with Crippen molar-refractivity contribution in [2.24, 2.45) is 11.5 Å². The number of benzene rings is 1. The van der Waals surface area contributed by atoms with E-state index in [2.05, 4.69) is 0 Å². The lowest BCUT2D eigenvalue weighted by atomic mass is 10.1. The summed E-state index contributed by atoms with van der Waals surface area (Å²) in [7, 11) is 0. The summed E-state index contributed by atoms with van der Waals surface area (Å²) in [5.41, 5.74) is 11.9. The molecule has 0 fully saturated rings. The van der Waals surface area contributed by atoms with Crippen molar-refractivity contribution < 1.29 is 9.53 Å². The molecule has 1 rings (SSSR count). The van der Waals surface area contributed by atoms with Crippen molar-refractivity contribution in [3.63, 3.8) is 0 Å². The zero-order valence-corrected chi connectivity index (χ0v) is 10.7. The number of hydrogen-bond acceptors (Lipinski definition) is 3. The minimum absolute atomic E-state index is 0.0412. The third-order valence-corrected chi connectivity index (χ3v) is 2.22. The molecule has 92 valence electrons. The van der Waals surface area contributed by atoms with Gasteiger partial charge in [-0.15, -0.1) is 0 Å². The first-order valence-electron chi connectivity index (χ1n) is 5.28. The fraction of sp³-hybridized carbons (Fsp3) is 0.333. The van der Waals surface area contributed by atoms with Crippen molar-refractivity contribution in [3.8, 4) is 5.75 Å². The number of ether oxygens (including phenoxy) is 1. The van der Waals surface area contributed by atoms with Crippen LogP contribution in [0.2, 0.25) is 0 Å². The molecule has 0 spiro atoms. The topological polar surface area (TPSA) is 78.3 Å². The fourth-order valence-corrected chi connectivity index (χ4v) is 1.58. The molecule has 0 atom stereocenters. The van der Waals surface area contributed by atoms with Crippen LogP contribution in [0, 0.1) is 0 Å². The quantitative estimate of drug-likeness (QED) is 0.776. The summed E-state index contributed by atoms with van der Waals surface area (Å²) < 4.78 is 5.61. The van der Waals surface area contributed by atoms with Gasteiger partial charge in [-0.2, -0.15) is 0 Å². The molecular formula is C12H16N2O2S. The molecule has 0 unspecified atom stereocenters. The molecule has 0 aliphatic carbocycles. The number of carbonyl (C=O) groups is 1. The highest BCUT2D eigenvalue weighted by Gasteiger charge is 2.10. The minimum atomic E-state index is -0.481. The molecule has 4 N–H and O–H groups in total. The van der Waals surface area contributed by atoms with Crippen LogP contribution in [0.5, 0.6) is 5.75 Å². The summed E-state index contributed by atoms with van der Waals surface area (Å²) in [5, 5.41) is 0. The van der Waals surface area contributed by atoms with Crippen molar-refractivity contribution >= 4 is 23.1 Å². The van der Waals surface area contributed by atoms with Gasteiger partial charge in [0.1, 0.15) is 5.75 Å². The molecule has 1 aromatic rings. The van der Waals surface area contributed by atoms with E-state index >= 15 is 0 Å². The van der Waals surface area contributed by atoms with Crippen LogP contribution in [0.1, 0.15) is 29.8 Å². The Hall–Kier alpha value is -1.62. The predicted octanol–water partition coefficient (Wildman–Crippen LogP) is 1.40. The first kappa shape index (κ1) is 13.4. The molecule has 0 aliphatic rings. The highest BCUT2D eigenvalue weighted by Crippen LogP contribution is 2.22. The average Bonchev–Trinajstić information content (AvgIpc) is 2.18. The van der Waals surface area contributed by atoms with E-state index in [4.69, 9.17) is 28.4 Å². The van der Waals surface area contributed by atoms with Crippen LogP contribution in [-0.2, 0) is 6.42 Å². The standard InChI is InChI=1S/C12H16N2O2S/c1-7(2)16-10-4-3-8(12(14)15)5-9(10)6-11(13)17/h3-5,7H,6H2,1-2H3,(H2,13,17)(H2,14,15). The van der Waals surface area contributed by atoms with Crippen LogP contribution in [0.15, 0.2) is 18.2 Å². The second kappa shape index (κ2) is 5.63. The molecule has 0 saturated carbocycles. The monoisotopic (exact) mass is 252 g/mol. The number of primary amides is 1. The Labute approximate surface area is 106 Å². The lowest BCUT2D eigenvalue weighted by molar-refractivity contribution is 0.1000. The second-order valence-electron chi connectivity index (χ2n) is 4.00. The lowest BCUT2D eigenvalue weighted by Crippen LogP contribution is -2.16. The molecule has 1 aromatic carbocycles. The highest BCUT2D eigenvalue weighted by atomic mass is 32.1. The normalized spacial score (nSPS) is 10.3. The van der Waals surface area contributed by atoms with Crippen LogP contribution in [0.3, 0.4) is 0 Å². The maximum Gasteiger partial charge on any atom is 0.248 e. The van der Waals surface area contributed by atoms with Gasteiger partial charge in [-0.25, -0.2) is 0 Å². The largest absolute Gasteiger partial charge is 0.491 e. The number of rotatable bonds is 5. The molecule has 0 heterocycles. The van der Waals surface area contributed by atoms with E-state index in [1.165, 1.54) is 0 Å². The molecule has 0 radical (unpaired) electrons. The molecule has 0 aliphatic heterocycles. The van der Waals surface area contributed by atoms with Crippen LogP contribution in [0.4, 0.5) is 0 Å². The van der Waals surface area contributed by atoms with Gasteiger partial charge in [-0.1, -0.05) is 12.2 Å². The zero-order valence-electron chi connectivity index (χ0n) is 9.90. The zero-order chi connectivity index (χ0) is 13.0. The lowest BCUT2D eigenvalue weighted by Gasteiger charge is -2.14. The third-order valence-electron chi connectivity index (χ3n) is 2.07. The Morgan fingerprint density at radius 2 is 2.06 bits per heavy atom. The number of carbonyl (C=O) groups excluding carboxylic acids is 1. The van der Waals surface area contributed by atoms with Gasteiger partial charge in [0.15, 0.2) is 0 Å². The summed E-state index contributed by atoms with van der Waals surface area (Å²) in [4.78, 5) is 11.4. The number of hydrogen-bond donors (Lipinski definition) is 2. The number of thiocarbonyl (C=S) groups is 1. The van der Waals surface area contributed by atoms with E-state index in [0.717, 1.165) is 5.56 Å². The van der Waals surface area contributed by atoms with Crippen molar-refractivity contribution in [2.75, 3.05) is 0 Å². The minimum Gasteiger partial charge on any atom is -0.491 e. The number of nitrogens with two attached hydrogens (primary N) is 2. The Morgan fingerprint density at radius 1 is 1.41 bits per heavy atom. The highest BCUT2D eigenvalue weighted by molar-refractivity contribution is 7.80. The maximum absolute atomic E-state index is 11.1. The molecule has 1 amide bonds. The van der Waals surface area contributed by atoms with Gasteiger partial charge < -0.3 is 16.2 Å². The Balaban J connectivity index is 3.11. The SMILES string of the molecule is CC(C)Oc1ccc(C(N)=O)cc1CC(N)=S. The van der Waals surface area contributed by atoms with E-state index in [-0.39, 0.29) is 6.10 Å². The van der Waals surface area contributed by atoms with Crippen LogP contribution >= 0.6 is 12.2 Å². The molecule has 4 nitrogen and oxygen atoms in total. The van der Waals surface area contributed by atoms with E-state index < -0.39 is 5.91 Å². The average molecular weight is 252 g/mol. The van der Waals surface area contributed by atoms with E-state index in [1.807, 2.05) is 13.8 Å². The summed E-state index contributed by atoms with van der Waals surface area (Å²) in [6.07, 6.45) is 0.429. The summed E-state index contributed by atoms with van der Waals surface area (Å²) >= 11 is 4.87. The van der Waals surface area contributed by atoms with Crippen LogP contribution in [0.25, 0.3) is 0 Å². The first-order chi connectivity index (χ1) is 7.90. The Bertz CT molecular complexity index is 444. The predicted molar refractivity (Wildman–Crippen MR) is 71.2 cm³/mol. The van der Waals surface area contributed by atoms with Crippen molar-refractivity contribution in [1.82, 2.24) is 0 Å². The van der Waals surface area contributed by atoms with Gasteiger partial charge in [0.2, 0.25) is 5.91 Å². The maximum atomic E-state index is 11.1. The fourth-order valence-electron chi connectivity index (χ4n) is 1.43. The third kappa shape index (κ3) is 4.03. The summed E-state index contributed by atoms with van der Waals surface area (Å²) in [5.74, 6) is 0.197. The first-order valence-corrected chi connectivity index (χ1v) is 5.68. The molecule has 17 heavy (non-hydrogen) atoms. The number of amides is 1. The van der Waals surface area contributed by atoms with E-state index in [1.54, 1.807) is 18.2 Å². The van der Waals surface area contributed by atoms with Crippen molar-refractivity contribution in [2.45, 2.75) is 26.4 Å². The summed E-state index contributed by atoms with van der Waals surface area (Å²) in [6, 6.07) is 5.01. The second-order valence-corrected chi connectivity index (χ2v) is 4.52. The van der Waals surface area contributed by atoms with E-state index in [0.29, 0.717) is 22.7 Å². The molecule has 0 saturated heterocycles. The van der Waals surface area contributed by atoms with Gasteiger partial charge in [-0.05, 0) is 32.0 Å². The molecule has 0 bridgehead atoms. The van der Waals surface area contributed by atoms with Crippen LogP contribution in [-0.4, -0.2) is 17.0 Å². The van der Waals surface area contributed by atoms with Gasteiger partial charge in [0, 0.05) is 17.5 Å². The van der Waals surface area contributed by atoms with Gasteiger partial charge >= 0.3 is 0 Å². The van der Waals surface area contributed by atoms with Crippen molar-refractivity contribution in [3.05, 3.63) is 29.3 Å². The van der Waals surface area contributed by atoms with Crippen LogP contribution < -0.4 is 16.2 Å². The molecular weight excluding hydrogens is 236 g/mol. The Morgan fingerprint density at radius 3 is 2.53 bits per heavy atom. The van der Waals surface area contributed by atoms with Crippen molar-refractivity contribution in [1.29, 1.82) is 0 Å². The smallest absolute Gasteiger partial charge is 0.248 e. The van der Waals surface area contributed by atoms with E-state index in [9.17, 15) is 4.79 Å². The van der Waals surface area contributed by atoms with Gasteiger partial charge in [-0.3, -0.25) is 4.79 Å². The van der Waals surface area contributed by atoms with Gasteiger partial charge in [0.25, 0.3) is 0 Å². The summed E-state index contributed by atoms with van der Waals surface area (Å²) in [6.45, 7) is 3.85. The molecule has 0 aromatic heterocycles. The van der Waals surface area contributed by atoms with Gasteiger partial charge in [0.05, 0.1) is 11.1 Å².